The molecule has 1 amide bonds. The average molecular weight is 404 g/mol. The predicted octanol–water partition coefficient (Wildman–Crippen LogP) is 2.41. The highest BCUT2D eigenvalue weighted by atomic mass is 16.5. The Morgan fingerprint density at radius 2 is 1.90 bits per heavy atom. The van der Waals surface area contributed by atoms with Gasteiger partial charge in [0.15, 0.2) is 0 Å². The molecule has 2 aliphatic heterocycles. The molecule has 0 bridgehead atoms. The van der Waals surface area contributed by atoms with Crippen molar-refractivity contribution in [3.05, 3.63) is 29.3 Å². The fourth-order valence-electron chi connectivity index (χ4n) is 4.45. The van der Waals surface area contributed by atoms with E-state index in [9.17, 15) is 4.79 Å². The molecule has 6 nitrogen and oxygen atoms in total. The molecule has 0 unspecified atom stereocenters. The summed E-state index contributed by atoms with van der Waals surface area (Å²) in [6, 6.07) is 6.81. The summed E-state index contributed by atoms with van der Waals surface area (Å²) >= 11 is 0. The highest BCUT2D eigenvalue weighted by Crippen LogP contribution is 2.23. The number of rotatable bonds is 7. The Morgan fingerprint density at radius 3 is 2.62 bits per heavy atom. The summed E-state index contributed by atoms with van der Waals surface area (Å²) in [6.07, 6.45) is 4.65. The van der Waals surface area contributed by atoms with E-state index in [0.717, 1.165) is 75.3 Å². The summed E-state index contributed by atoms with van der Waals surface area (Å²) in [5, 5.41) is 3.12. The first-order chi connectivity index (χ1) is 14.0. The number of para-hydroxylation sites is 1. The van der Waals surface area contributed by atoms with Crippen LogP contribution in [0.1, 0.15) is 43.2 Å². The molecule has 1 aromatic rings. The van der Waals surface area contributed by atoms with Gasteiger partial charge in [0.05, 0.1) is 12.5 Å². The molecule has 29 heavy (non-hydrogen) atoms. The monoisotopic (exact) mass is 403 g/mol. The first-order valence-corrected chi connectivity index (χ1v) is 11.1. The van der Waals surface area contributed by atoms with Crippen LogP contribution in [0.2, 0.25) is 0 Å². The second-order valence-corrected chi connectivity index (χ2v) is 8.55. The van der Waals surface area contributed by atoms with Crippen LogP contribution in [-0.4, -0.2) is 62.3 Å². The number of hydrogen-bond donors (Lipinski definition) is 2. The van der Waals surface area contributed by atoms with Crippen LogP contribution < -0.4 is 15.8 Å². The molecule has 2 saturated heterocycles. The molecule has 0 aliphatic carbocycles. The van der Waals surface area contributed by atoms with Crippen molar-refractivity contribution >= 4 is 5.91 Å². The van der Waals surface area contributed by atoms with Crippen molar-refractivity contribution in [2.24, 2.45) is 11.7 Å². The SMILES string of the molecule is Cc1cccc(C)c1OCCCNC(=O)[C@@H]1CC[C@H](N)CN(C2CCOCC2)C1. The second-order valence-electron chi connectivity index (χ2n) is 8.55. The zero-order chi connectivity index (χ0) is 20.6. The normalized spacial score (nSPS) is 24.1. The molecule has 162 valence electrons. The summed E-state index contributed by atoms with van der Waals surface area (Å²) in [7, 11) is 0. The van der Waals surface area contributed by atoms with Gasteiger partial charge in [-0.25, -0.2) is 0 Å². The fraction of sp³-hybridized carbons (Fsp3) is 0.696. The van der Waals surface area contributed by atoms with Crippen LogP contribution in [0, 0.1) is 19.8 Å². The van der Waals surface area contributed by atoms with Crippen LogP contribution in [0.25, 0.3) is 0 Å². The van der Waals surface area contributed by atoms with E-state index in [0.29, 0.717) is 19.2 Å². The van der Waals surface area contributed by atoms with E-state index in [-0.39, 0.29) is 17.9 Å². The second kappa shape index (κ2) is 11.0. The zero-order valence-corrected chi connectivity index (χ0v) is 18.0. The van der Waals surface area contributed by atoms with E-state index < -0.39 is 0 Å². The number of carbonyl (C=O) groups is 1. The number of nitrogens with two attached hydrogens (primary N) is 1. The number of nitrogens with zero attached hydrogens (tertiary/aromatic N) is 1. The van der Waals surface area contributed by atoms with Gasteiger partial charge in [-0.15, -0.1) is 0 Å². The number of benzene rings is 1. The molecule has 2 aliphatic rings. The van der Waals surface area contributed by atoms with Gasteiger partial charge < -0.3 is 20.5 Å². The molecule has 6 heteroatoms. The summed E-state index contributed by atoms with van der Waals surface area (Å²) < 4.78 is 11.4. The number of likely N-dealkylation sites (tertiary alicyclic amines) is 1. The van der Waals surface area contributed by atoms with E-state index in [1.165, 1.54) is 0 Å². The molecule has 0 radical (unpaired) electrons. The quantitative estimate of drug-likeness (QED) is 0.684. The summed E-state index contributed by atoms with van der Waals surface area (Å²) in [5.74, 6) is 1.14. The topological polar surface area (TPSA) is 76.8 Å². The van der Waals surface area contributed by atoms with Gasteiger partial charge in [0, 0.05) is 44.9 Å². The van der Waals surface area contributed by atoms with Gasteiger partial charge in [-0.3, -0.25) is 9.69 Å². The van der Waals surface area contributed by atoms with Gasteiger partial charge in [0.25, 0.3) is 0 Å². The van der Waals surface area contributed by atoms with Gasteiger partial charge >= 0.3 is 0 Å². The number of carbonyl (C=O) groups excluding carboxylic acids is 1. The average Bonchev–Trinajstić information content (AvgIpc) is 2.92. The maximum absolute atomic E-state index is 12.8. The van der Waals surface area contributed by atoms with Crippen LogP contribution in [0.15, 0.2) is 18.2 Å². The van der Waals surface area contributed by atoms with Gasteiger partial charge in [-0.2, -0.15) is 0 Å². The lowest BCUT2D eigenvalue weighted by atomic mass is 10.0. The van der Waals surface area contributed by atoms with Gasteiger partial charge in [0.2, 0.25) is 5.91 Å². The summed E-state index contributed by atoms with van der Waals surface area (Å²) in [4.78, 5) is 15.2. The lowest BCUT2D eigenvalue weighted by molar-refractivity contribution is -0.126. The Labute approximate surface area is 175 Å². The molecular formula is C23H37N3O3. The molecular weight excluding hydrogens is 366 g/mol. The molecule has 2 heterocycles. The van der Waals surface area contributed by atoms with E-state index in [4.69, 9.17) is 15.2 Å². The molecule has 0 saturated carbocycles. The smallest absolute Gasteiger partial charge is 0.224 e. The highest BCUT2D eigenvalue weighted by Gasteiger charge is 2.31. The number of amides is 1. The minimum absolute atomic E-state index is 0.0194. The van der Waals surface area contributed by atoms with E-state index in [1.807, 2.05) is 6.07 Å². The highest BCUT2D eigenvalue weighted by molar-refractivity contribution is 5.78. The standard InChI is InChI=1S/C23H37N3O3/c1-17-5-3-6-18(2)22(17)29-12-4-11-25-23(27)19-7-8-20(24)16-26(15-19)21-9-13-28-14-10-21/h3,5-6,19-21H,4,7-16,24H2,1-2H3,(H,25,27)/t19-,20+/m1/s1. The number of aryl methyl sites for hydroxylation is 2. The van der Waals surface area contributed by atoms with Crippen LogP contribution in [-0.2, 0) is 9.53 Å². The molecule has 0 aromatic heterocycles. The summed E-state index contributed by atoms with van der Waals surface area (Å²) in [6.45, 7) is 8.69. The Hall–Kier alpha value is -1.63. The minimum atomic E-state index is 0.0194. The first-order valence-electron chi connectivity index (χ1n) is 11.1. The zero-order valence-electron chi connectivity index (χ0n) is 18.0. The predicted molar refractivity (Wildman–Crippen MR) is 115 cm³/mol. The molecule has 3 rings (SSSR count). The van der Waals surface area contributed by atoms with E-state index >= 15 is 0 Å². The van der Waals surface area contributed by atoms with Gasteiger partial charge in [0.1, 0.15) is 5.75 Å². The minimum Gasteiger partial charge on any atom is -0.493 e. The van der Waals surface area contributed by atoms with Crippen molar-refractivity contribution < 1.29 is 14.3 Å². The Balaban J connectivity index is 1.43. The van der Waals surface area contributed by atoms with Crippen molar-refractivity contribution in [1.29, 1.82) is 0 Å². The fourth-order valence-corrected chi connectivity index (χ4v) is 4.45. The largest absolute Gasteiger partial charge is 0.493 e. The Kier molecular flexibility index (Phi) is 8.33. The van der Waals surface area contributed by atoms with Crippen molar-refractivity contribution in [3.8, 4) is 5.75 Å². The van der Waals surface area contributed by atoms with E-state index in [1.54, 1.807) is 0 Å². The Morgan fingerprint density at radius 1 is 1.17 bits per heavy atom. The number of ether oxygens (including phenoxy) is 2. The van der Waals surface area contributed by atoms with Gasteiger partial charge in [-0.1, -0.05) is 18.2 Å². The van der Waals surface area contributed by atoms with Crippen LogP contribution in [0.4, 0.5) is 0 Å². The number of nitrogens with one attached hydrogen (secondary N) is 1. The van der Waals surface area contributed by atoms with Crippen LogP contribution in [0.3, 0.4) is 0 Å². The molecule has 0 spiro atoms. The third-order valence-corrected chi connectivity index (χ3v) is 6.16. The lowest BCUT2D eigenvalue weighted by Crippen LogP contribution is -2.47. The van der Waals surface area contributed by atoms with Crippen LogP contribution in [0.5, 0.6) is 5.75 Å². The molecule has 2 atom stereocenters. The third-order valence-electron chi connectivity index (χ3n) is 6.16. The molecule has 3 N–H and O–H groups in total. The number of hydrogen-bond acceptors (Lipinski definition) is 5. The van der Waals surface area contributed by atoms with Crippen molar-refractivity contribution in [2.45, 2.75) is 58.0 Å². The first kappa shape index (κ1) is 22.1. The summed E-state index contributed by atoms with van der Waals surface area (Å²) in [5.41, 5.74) is 8.59. The lowest BCUT2D eigenvalue weighted by Gasteiger charge is -2.35. The van der Waals surface area contributed by atoms with Crippen LogP contribution >= 0.6 is 0 Å². The molecule has 1 aromatic carbocycles. The Bertz CT molecular complexity index is 641. The van der Waals surface area contributed by atoms with Crippen molar-refractivity contribution in [3.63, 3.8) is 0 Å². The van der Waals surface area contributed by atoms with Crippen molar-refractivity contribution in [2.75, 3.05) is 39.5 Å². The van der Waals surface area contributed by atoms with Gasteiger partial charge in [-0.05, 0) is 57.1 Å². The third kappa shape index (κ3) is 6.43. The van der Waals surface area contributed by atoms with E-state index in [2.05, 4.69) is 36.2 Å². The maximum atomic E-state index is 12.8. The molecule has 2 fully saturated rings. The van der Waals surface area contributed by atoms with Crippen molar-refractivity contribution in [1.82, 2.24) is 10.2 Å². The maximum Gasteiger partial charge on any atom is 0.224 e.